The number of carbonyl (C=O) groups excluding carboxylic acids is 2. The van der Waals surface area contributed by atoms with Gasteiger partial charge >= 0.3 is 35.8 Å². The van der Waals surface area contributed by atoms with Gasteiger partial charge in [0.25, 0.3) is 0 Å². The van der Waals surface area contributed by atoms with Crippen LogP contribution in [0.25, 0.3) is 0 Å². The molecule has 2 rings (SSSR count). The topological polar surface area (TPSA) is 202 Å². The summed E-state index contributed by atoms with van der Waals surface area (Å²) in [7, 11) is 0. The summed E-state index contributed by atoms with van der Waals surface area (Å²) >= 11 is 0. The van der Waals surface area contributed by atoms with Crippen LogP contribution in [0.5, 0.6) is 0 Å². The number of aromatic carboxylic acids is 4. The average molecular weight is 587 g/mol. The maximum Gasteiger partial charge on any atom is 0.338 e. The van der Waals surface area contributed by atoms with Crippen LogP contribution in [0.3, 0.4) is 0 Å². The predicted octanol–water partition coefficient (Wildman–Crippen LogP) is 5.39. The van der Waals surface area contributed by atoms with Crippen molar-refractivity contribution in [3.05, 3.63) is 69.8 Å². The Morgan fingerprint density at radius 3 is 1.00 bits per heavy atom. The van der Waals surface area contributed by atoms with E-state index in [1.807, 2.05) is 0 Å². The summed E-state index contributed by atoms with van der Waals surface area (Å²) in [5.74, 6) is -7.07. The minimum absolute atomic E-state index is 0.0165. The zero-order valence-corrected chi connectivity index (χ0v) is 23.0. The number of carboxylic acids is 4. The number of esters is 2. The molecule has 0 spiro atoms. The normalized spacial score (nSPS) is 10.6. The van der Waals surface area contributed by atoms with Gasteiger partial charge in [-0.3, -0.25) is 0 Å². The molecule has 0 aliphatic rings. The third-order valence-corrected chi connectivity index (χ3v) is 6.44. The largest absolute Gasteiger partial charge is 0.478 e. The summed E-state index contributed by atoms with van der Waals surface area (Å²) < 4.78 is 10.3. The van der Waals surface area contributed by atoms with Gasteiger partial charge in [0.15, 0.2) is 0 Å². The van der Waals surface area contributed by atoms with E-state index in [1.165, 1.54) is 12.1 Å². The molecule has 0 aromatic heterocycles. The first-order chi connectivity index (χ1) is 20.0. The lowest BCUT2D eigenvalue weighted by Gasteiger charge is -2.08. The number of carboxylic acid groups (broad SMARTS) is 4. The molecular weight excluding hydrogens is 552 g/mol. The minimum atomic E-state index is -1.44. The molecule has 12 nitrogen and oxygen atoms in total. The molecule has 0 aliphatic heterocycles. The first-order valence-corrected chi connectivity index (χ1v) is 13.6. The van der Waals surface area contributed by atoms with Crippen molar-refractivity contribution in [1.29, 1.82) is 0 Å². The highest BCUT2D eigenvalue weighted by atomic mass is 16.5. The number of ether oxygens (including phenoxy) is 2. The van der Waals surface area contributed by atoms with E-state index < -0.39 is 58.1 Å². The monoisotopic (exact) mass is 586 g/mol. The Morgan fingerprint density at radius 1 is 0.429 bits per heavy atom. The summed E-state index contributed by atoms with van der Waals surface area (Å²) in [4.78, 5) is 69.0. The fourth-order valence-corrected chi connectivity index (χ4v) is 4.18. The zero-order valence-electron chi connectivity index (χ0n) is 23.0. The number of carbonyl (C=O) groups is 6. The number of hydrogen-bond acceptors (Lipinski definition) is 8. The molecule has 0 saturated heterocycles. The Labute approximate surface area is 241 Å². The average Bonchev–Trinajstić information content (AvgIpc) is 2.96. The molecule has 2 aromatic rings. The quantitative estimate of drug-likeness (QED) is 0.121. The molecule has 0 saturated carbocycles. The maximum atomic E-state index is 12.1. The van der Waals surface area contributed by atoms with Gasteiger partial charge in [-0.15, -0.1) is 0 Å². The van der Waals surface area contributed by atoms with Crippen molar-refractivity contribution in [3.63, 3.8) is 0 Å². The third kappa shape index (κ3) is 10.7. The van der Waals surface area contributed by atoms with Gasteiger partial charge < -0.3 is 29.9 Å². The van der Waals surface area contributed by atoms with Gasteiger partial charge in [0.2, 0.25) is 0 Å². The summed E-state index contributed by atoms with van der Waals surface area (Å²) in [6, 6.07) is 6.61. The zero-order chi connectivity index (χ0) is 31.1. The fourth-order valence-electron chi connectivity index (χ4n) is 4.18. The van der Waals surface area contributed by atoms with Crippen LogP contribution >= 0.6 is 0 Å². The lowest BCUT2D eigenvalue weighted by Crippen LogP contribution is -2.12. The molecule has 0 heterocycles. The van der Waals surface area contributed by atoms with Gasteiger partial charge in [0, 0.05) is 0 Å². The molecule has 4 N–H and O–H groups in total. The molecular formula is C30H34O12. The molecule has 0 atom stereocenters. The highest BCUT2D eigenvalue weighted by Gasteiger charge is 2.20. The van der Waals surface area contributed by atoms with Crippen LogP contribution in [0.15, 0.2) is 36.4 Å². The summed E-state index contributed by atoms with van der Waals surface area (Å²) in [6.07, 6.45) is 9.17. The van der Waals surface area contributed by atoms with Crippen LogP contribution in [-0.2, 0) is 9.47 Å². The van der Waals surface area contributed by atoms with E-state index in [0.717, 1.165) is 75.6 Å². The highest BCUT2D eigenvalue weighted by Crippen LogP contribution is 2.16. The predicted molar refractivity (Wildman–Crippen MR) is 147 cm³/mol. The van der Waals surface area contributed by atoms with E-state index in [-0.39, 0.29) is 24.3 Å². The molecule has 226 valence electrons. The summed E-state index contributed by atoms with van der Waals surface area (Å²) in [6.45, 7) is 0.363. The molecule has 0 fully saturated rings. The van der Waals surface area contributed by atoms with E-state index in [2.05, 4.69) is 0 Å². The molecule has 0 unspecified atom stereocenters. The standard InChI is InChI=1S/C30H34O12/c31-25(32)21-13-11-19(17-23(21)27(35)36)29(39)41-15-9-7-5-3-1-2-4-6-8-10-16-42-30(40)20-12-14-22(26(33)34)24(18-20)28(37)38/h11-14,17-18H,1-10,15-16H2,(H,31,32)(H,33,34)(H,35,36)(H,37,38). The maximum absolute atomic E-state index is 12.1. The van der Waals surface area contributed by atoms with Crippen LogP contribution in [0, 0.1) is 0 Å². The Balaban J connectivity index is 1.50. The van der Waals surface area contributed by atoms with Crippen LogP contribution < -0.4 is 0 Å². The van der Waals surface area contributed by atoms with Crippen LogP contribution in [0.2, 0.25) is 0 Å². The number of rotatable bonds is 19. The lowest BCUT2D eigenvalue weighted by molar-refractivity contribution is 0.0487. The van der Waals surface area contributed by atoms with Crippen LogP contribution in [0.4, 0.5) is 0 Å². The molecule has 0 bridgehead atoms. The third-order valence-electron chi connectivity index (χ3n) is 6.44. The first-order valence-electron chi connectivity index (χ1n) is 13.6. The number of benzene rings is 2. The highest BCUT2D eigenvalue weighted by molar-refractivity contribution is 6.04. The smallest absolute Gasteiger partial charge is 0.338 e. The Morgan fingerprint density at radius 2 is 0.714 bits per heavy atom. The second-order valence-electron chi connectivity index (χ2n) is 9.55. The van der Waals surface area contributed by atoms with Gasteiger partial charge in [0.05, 0.1) is 46.6 Å². The lowest BCUT2D eigenvalue weighted by atomic mass is 10.0. The number of hydrogen-bond donors (Lipinski definition) is 4. The number of unbranched alkanes of at least 4 members (excludes halogenated alkanes) is 9. The summed E-state index contributed by atoms with van der Waals surface area (Å²) in [5, 5.41) is 36.4. The molecule has 12 heteroatoms. The van der Waals surface area contributed by atoms with E-state index in [0.29, 0.717) is 12.8 Å². The van der Waals surface area contributed by atoms with Gasteiger partial charge in [-0.2, -0.15) is 0 Å². The van der Waals surface area contributed by atoms with E-state index >= 15 is 0 Å². The van der Waals surface area contributed by atoms with Crippen LogP contribution in [0.1, 0.15) is 126 Å². The van der Waals surface area contributed by atoms with E-state index in [9.17, 15) is 28.8 Å². The van der Waals surface area contributed by atoms with Gasteiger partial charge in [-0.25, -0.2) is 28.8 Å². The Hall–Kier alpha value is -4.74. The fraction of sp³-hybridized carbons (Fsp3) is 0.400. The Bertz CT molecular complexity index is 1200. The van der Waals surface area contributed by atoms with Gasteiger partial charge in [-0.05, 0) is 49.2 Å². The first kappa shape index (κ1) is 33.5. The van der Waals surface area contributed by atoms with Crippen molar-refractivity contribution in [1.82, 2.24) is 0 Å². The minimum Gasteiger partial charge on any atom is -0.478 e. The van der Waals surface area contributed by atoms with Gasteiger partial charge in [-0.1, -0.05) is 51.4 Å². The van der Waals surface area contributed by atoms with Crippen molar-refractivity contribution in [2.24, 2.45) is 0 Å². The van der Waals surface area contributed by atoms with E-state index in [4.69, 9.17) is 29.9 Å². The van der Waals surface area contributed by atoms with Crippen molar-refractivity contribution in [2.75, 3.05) is 13.2 Å². The van der Waals surface area contributed by atoms with Crippen LogP contribution in [-0.4, -0.2) is 69.5 Å². The molecule has 0 amide bonds. The SMILES string of the molecule is O=C(OCCCCCCCCCCCCOC(=O)c1ccc(C(=O)O)c(C(=O)O)c1)c1ccc(C(=O)O)c(C(=O)O)c1. The summed E-state index contributed by atoms with van der Waals surface area (Å²) in [5.41, 5.74) is -1.78. The molecule has 0 radical (unpaired) electrons. The van der Waals surface area contributed by atoms with Crippen molar-refractivity contribution < 1.29 is 58.7 Å². The Kier molecular flexibility index (Phi) is 13.7. The van der Waals surface area contributed by atoms with Crippen molar-refractivity contribution in [2.45, 2.75) is 64.2 Å². The van der Waals surface area contributed by atoms with Crippen molar-refractivity contribution >= 4 is 35.8 Å². The van der Waals surface area contributed by atoms with E-state index in [1.54, 1.807) is 0 Å². The molecule has 42 heavy (non-hydrogen) atoms. The van der Waals surface area contributed by atoms with Crippen molar-refractivity contribution in [3.8, 4) is 0 Å². The second kappa shape index (κ2) is 17.2. The molecule has 2 aromatic carbocycles. The molecule has 0 aliphatic carbocycles. The second-order valence-corrected chi connectivity index (χ2v) is 9.55. The van der Waals surface area contributed by atoms with Gasteiger partial charge in [0.1, 0.15) is 0 Å².